The Balaban J connectivity index is 2.08. The lowest BCUT2D eigenvalue weighted by molar-refractivity contribution is 0.103. The monoisotopic (exact) mass is 360 g/mol. The van der Waals surface area contributed by atoms with Gasteiger partial charge in [0, 0.05) is 15.1 Å². The van der Waals surface area contributed by atoms with Crippen molar-refractivity contribution < 1.29 is 4.79 Å². The minimum absolute atomic E-state index is 0.134. The van der Waals surface area contributed by atoms with E-state index in [2.05, 4.69) is 21.0 Å². The number of rotatable bonds is 3. The molecule has 0 fully saturated rings. The Morgan fingerprint density at radius 3 is 2.62 bits per heavy atom. The van der Waals surface area contributed by atoms with E-state index in [1.165, 1.54) is 0 Å². The van der Waals surface area contributed by atoms with Crippen LogP contribution in [0.2, 0.25) is 5.02 Å². The highest BCUT2D eigenvalue weighted by Crippen LogP contribution is 2.24. The zero-order valence-corrected chi connectivity index (χ0v) is 13.2. The Morgan fingerprint density at radius 2 is 1.86 bits per heavy atom. The molecule has 3 aromatic rings. The topological polar surface area (TPSA) is 34.9 Å². The lowest BCUT2D eigenvalue weighted by Crippen LogP contribution is -2.10. The molecule has 0 atom stereocenters. The van der Waals surface area contributed by atoms with Crippen LogP contribution in [0.1, 0.15) is 16.1 Å². The van der Waals surface area contributed by atoms with Crippen molar-refractivity contribution >= 4 is 33.3 Å². The third kappa shape index (κ3) is 2.77. The zero-order chi connectivity index (χ0) is 14.8. The smallest absolute Gasteiger partial charge is 0.212 e. The second kappa shape index (κ2) is 5.84. The Hall–Kier alpha value is -1.91. The fourth-order valence-electron chi connectivity index (χ4n) is 2.06. The summed E-state index contributed by atoms with van der Waals surface area (Å²) in [6.45, 7) is 0. The van der Waals surface area contributed by atoms with Crippen molar-refractivity contribution in [1.82, 2.24) is 9.78 Å². The summed E-state index contributed by atoms with van der Waals surface area (Å²) in [7, 11) is 0. The maximum atomic E-state index is 12.7. The fourth-order valence-corrected chi connectivity index (χ4v) is 2.66. The van der Waals surface area contributed by atoms with E-state index in [9.17, 15) is 4.79 Å². The maximum absolute atomic E-state index is 12.7. The Labute approximate surface area is 135 Å². The lowest BCUT2D eigenvalue weighted by Gasteiger charge is -2.08. The van der Waals surface area contributed by atoms with Gasteiger partial charge in [-0.3, -0.25) is 4.79 Å². The van der Waals surface area contributed by atoms with Gasteiger partial charge in [0.1, 0.15) is 5.69 Å². The van der Waals surface area contributed by atoms with Crippen LogP contribution in [0, 0.1) is 0 Å². The van der Waals surface area contributed by atoms with Gasteiger partial charge in [0.25, 0.3) is 0 Å². The Morgan fingerprint density at radius 1 is 1.10 bits per heavy atom. The number of hydrogen-bond acceptors (Lipinski definition) is 2. The van der Waals surface area contributed by atoms with Crippen molar-refractivity contribution in [2.24, 2.45) is 0 Å². The van der Waals surface area contributed by atoms with Crippen LogP contribution in [0.4, 0.5) is 0 Å². The van der Waals surface area contributed by atoms with Crippen molar-refractivity contribution in [3.8, 4) is 5.69 Å². The number of aromatic nitrogens is 2. The molecule has 0 N–H and O–H groups in total. The summed E-state index contributed by atoms with van der Waals surface area (Å²) in [6.07, 6.45) is 1.61. The molecule has 5 heteroatoms. The van der Waals surface area contributed by atoms with Crippen molar-refractivity contribution in [1.29, 1.82) is 0 Å². The molecule has 1 aromatic heterocycles. The molecule has 0 bridgehead atoms. The van der Waals surface area contributed by atoms with Crippen LogP contribution in [-0.4, -0.2) is 15.6 Å². The number of hydrogen-bond donors (Lipinski definition) is 0. The van der Waals surface area contributed by atoms with Crippen LogP contribution >= 0.6 is 27.5 Å². The molecule has 104 valence electrons. The second-order valence-corrected chi connectivity index (χ2v) is 5.71. The SMILES string of the molecule is O=C(c1cc(Cl)ccc1Br)c1ccnn1-c1ccccc1. The molecule has 0 saturated heterocycles. The summed E-state index contributed by atoms with van der Waals surface area (Å²) in [5, 5.41) is 4.75. The zero-order valence-electron chi connectivity index (χ0n) is 10.8. The quantitative estimate of drug-likeness (QED) is 0.643. The number of ketones is 1. The average Bonchev–Trinajstić information content (AvgIpc) is 2.99. The summed E-state index contributed by atoms with van der Waals surface area (Å²) in [5.41, 5.74) is 1.84. The molecule has 0 aliphatic heterocycles. The van der Waals surface area contributed by atoms with E-state index in [-0.39, 0.29) is 5.78 Å². The van der Waals surface area contributed by atoms with Gasteiger partial charge in [0.2, 0.25) is 5.78 Å². The number of benzene rings is 2. The highest BCUT2D eigenvalue weighted by atomic mass is 79.9. The van der Waals surface area contributed by atoms with Crippen molar-refractivity contribution in [3.05, 3.63) is 81.5 Å². The van der Waals surface area contributed by atoms with Crippen LogP contribution in [0.3, 0.4) is 0 Å². The summed E-state index contributed by atoms with van der Waals surface area (Å²) in [6, 6.07) is 16.4. The van der Waals surface area contributed by atoms with Gasteiger partial charge in [-0.2, -0.15) is 5.10 Å². The van der Waals surface area contributed by atoms with Gasteiger partial charge in [0.15, 0.2) is 0 Å². The Bertz CT molecular complexity index is 799. The molecule has 0 unspecified atom stereocenters. The predicted octanol–water partition coefficient (Wildman–Crippen LogP) is 4.52. The molecule has 0 aliphatic carbocycles. The van der Waals surface area contributed by atoms with Gasteiger partial charge < -0.3 is 0 Å². The highest BCUT2D eigenvalue weighted by Gasteiger charge is 2.18. The van der Waals surface area contributed by atoms with Crippen molar-refractivity contribution in [2.45, 2.75) is 0 Å². The first-order chi connectivity index (χ1) is 10.2. The summed E-state index contributed by atoms with van der Waals surface area (Å²) in [5.74, 6) is -0.134. The maximum Gasteiger partial charge on any atom is 0.212 e. The van der Waals surface area contributed by atoms with Gasteiger partial charge in [-0.05, 0) is 36.4 Å². The molecule has 0 radical (unpaired) electrons. The van der Waals surface area contributed by atoms with Crippen LogP contribution in [0.25, 0.3) is 5.69 Å². The first kappa shape index (κ1) is 14.0. The van der Waals surface area contributed by atoms with Crippen LogP contribution < -0.4 is 0 Å². The van der Waals surface area contributed by atoms with Crippen LogP contribution in [-0.2, 0) is 0 Å². The molecule has 3 nitrogen and oxygen atoms in total. The van der Waals surface area contributed by atoms with E-state index >= 15 is 0 Å². The predicted molar refractivity (Wildman–Crippen MR) is 86.1 cm³/mol. The Kier molecular flexibility index (Phi) is 3.90. The molecular weight excluding hydrogens is 352 g/mol. The van der Waals surface area contributed by atoms with Crippen molar-refractivity contribution in [3.63, 3.8) is 0 Å². The normalized spacial score (nSPS) is 10.6. The lowest BCUT2D eigenvalue weighted by atomic mass is 10.1. The van der Waals surface area contributed by atoms with E-state index in [0.29, 0.717) is 20.8 Å². The number of para-hydroxylation sites is 1. The molecule has 0 aliphatic rings. The third-order valence-corrected chi connectivity index (χ3v) is 3.98. The minimum atomic E-state index is -0.134. The van der Waals surface area contributed by atoms with E-state index in [1.54, 1.807) is 35.1 Å². The van der Waals surface area contributed by atoms with E-state index in [0.717, 1.165) is 5.69 Å². The minimum Gasteiger partial charge on any atom is -0.287 e. The number of nitrogens with zero attached hydrogens (tertiary/aromatic N) is 2. The first-order valence-corrected chi connectivity index (χ1v) is 7.43. The van der Waals surface area contributed by atoms with E-state index in [1.807, 2.05) is 30.3 Å². The molecule has 0 amide bonds. The standard InChI is InChI=1S/C16H10BrClN2O/c17-14-7-6-11(18)10-13(14)16(21)15-8-9-19-20(15)12-4-2-1-3-5-12/h1-10H. The number of halogens is 2. The molecule has 21 heavy (non-hydrogen) atoms. The number of carbonyl (C=O) groups excluding carboxylic acids is 1. The summed E-state index contributed by atoms with van der Waals surface area (Å²) in [4.78, 5) is 12.7. The molecular formula is C16H10BrClN2O. The fraction of sp³-hybridized carbons (Fsp3) is 0. The van der Waals surface area contributed by atoms with Gasteiger partial charge in [-0.25, -0.2) is 4.68 Å². The van der Waals surface area contributed by atoms with Crippen LogP contribution in [0.5, 0.6) is 0 Å². The van der Waals surface area contributed by atoms with Crippen molar-refractivity contribution in [2.75, 3.05) is 0 Å². The highest BCUT2D eigenvalue weighted by molar-refractivity contribution is 9.10. The van der Waals surface area contributed by atoms with Gasteiger partial charge in [-0.1, -0.05) is 45.7 Å². The molecule has 0 spiro atoms. The number of carbonyl (C=O) groups is 1. The van der Waals surface area contributed by atoms with E-state index < -0.39 is 0 Å². The second-order valence-electron chi connectivity index (χ2n) is 4.42. The molecule has 3 rings (SSSR count). The van der Waals surface area contributed by atoms with Gasteiger partial charge in [-0.15, -0.1) is 0 Å². The largest absolute Gasteiger partial charge is 0.287 e. The summed E-state index contributed by atoms with van der Waals surface area (Å²) < 4.78 is 2.33. The van der Waals surface area contributed by atoms with Gasteiger partial charge in [0.05, 0.1) is 11.9 Å². The third-order valence-electron chi connectivity index (χ3n) is 3.05. The average molecular weight is 362 g/mol. The molecule has 0 saturated carbocycles. The molecule has 2 aromatic carbocycles. The van der Waals surface area contributed by atoms with Crippen LogP contribution in [0.15, 0.2) is 65.3 Å². The van der Waals surface area contributed by atoms with Gasteiger partial charge >= 0.3 is 0 Å². The summed E-state index contributed by atoms with van der Waals surface area (Å²) >= 11 is 9.37. The molecule has 1 heterocycles. The first-order valence-electron chi connectivity index (χ1n) is 6.26. The van der Waals surface area contributed by atoms with E-state index in [4.69, 9.17) is 11.6 Å².